The zero-order chi connectivity index (χ0) is 51.5. The van der Waals surface area contributed by atoms with E-state index in [0.29, 0.717) is 6.42 Å². The van der Waals surface area contributed by atoms with Gasteiger partial charge in [0, 0.05) is 32.9 Å². The Hall–Kier alpha value is -6.61. The van der Waals surface area contributed by atoms with Crippen LogP contribution in [0.25, 0.3) is 0 Å². The summed E-state index contributed by atoms with van der Waals surface area (Å²) in [6, 6.07) is 9.77. The zero-order valence-corrected chi connectivity index (χ0v) is 40.7. The number of aliphatic carboxylic acids is 2. The van der Waals surface area contributed by atoms with Crippen LogP contribution in [-0.2, 0) is 49.7 Å². The maximum absolute atomic E-state index is 14.8. The van der Waals surface area contributed by atoms with E-state index in [1.165, 1.54) is 16.8 Å². The molecule has 8 N–H and O–H groups in total. The van der Waals surface area contributed by atoms with E-state index in [0.717, 1.165) is 18.1 Å². The van der Waals surface area contributed by atoms with Crippen molar-refractivity contribution < 1.29 is 63.3 Å². The number of carboxylic acids is 2. The summed E-state index contributed by atoms with van der Waals surface area (Å²) in [7, 11) is 0. The molecule has 21 nitrogen and oxygen atoms in total. The summed E-state index contributed by atoms with van der Waals surface area (Å²) in [4.78, 5) is 121. The Balaban J connectivity index is 1.96. The molecular formula is C48H70N8O13. The molecular weight excluding hydrogens is 897 g/mol. The van der Waals surface area contributed by atoms with Crippen LogP contribution in [0.2, 0.25) is 0 Å². The number of nitrogens with zero attached hydrogens (tertiary/aromatic N) is 3. The minimum Gasteiger partial charge on any atom is -0.481 e. The summed E-state index contributed by atoms with van der Waals surface area (Å²) >= 11 is 0. The van der Waals surface area contributed by atoms with Crippen molar-refractivity contribution in [3.8, 4) is 0 Å². The van der Waals surface area contributed by atoms with E-state index in [1.54, 1.807) is 20.8 Å². The highest BCUT2D eigenvalue weighted by Crippen LogP contribution is 2.26. The number of likely N-dealkylation sites (tertiary alicyclic amines) is 1. The van der Waals surface area contributed by atoms with E-state index in [-0.39, 0.29) is 43.5 Å². The van der Waals surface area contributed by atoms with Gasteiger partial charge < -0.3 is 41.1 Å². The molecule has 1 aliphatic rings. The van der Waals surface area contributed by atoms with Crippen molar-refractivity contribution in [1.29, 1.82) is 0 Å². The van der Waals surface area contributed by atoms with Crippen LogP contribution in [0.5, 0.6) is 0 Å². The Kier molecular flexibility index (Phi) is 22.5. The van der Waals surface area contributed by atoms with Crippen LogP contribution in [0.15, 0.2) is 60.7 Å². The van der Waals surface area contributed by atoms with Gasteiger partial charge in [-0.3, -0.25) is 49.0 Å². The van der Waals surface area contributed by atoms with Gasteiger partial charge in [0.25, 0.3) is 11.8 Å². The molecule has 0 unspecified atom stereocenters. The lowest BCUT2D eigenvalue weighted by atomic mass is 9.95. The van der Waals surface area contributed by atoms with Crippen molar-refractivity contribution in [3.63, 3.8) is 0 Å². The van der Waals surface area contributed by atoms with Gasteiger partial charge in [0.15, 0.2) is 0 Å². The average Bonchev–Trinajstić information content (AvgIpc) is 3.74. The molecule has 2 aromatic carbocycles. The Morgan fingerprint density at radius 2 is 1.41 bits per heavy atom. The van der Waals surface area contributed by atoms with Crippen molar-refractivity contribution in [2.75, 3.05) is 13.1 Å². The maximum Gasteiger partial charge on any atom is 0.336 e. The lowest BCUT2D eigenvalue weighted by Crippen LogP contribution is -2.62. The first kappa shape index (κ1) is 56.7. The molecule has 2 aromatic rings. The van der Waals surface area contributed by atoms with Gasteiger partial charge in [0.1, 0.15) is 30.2 Å². The van der Waals surface area contributed by atoms with Gasteiger partial charge in [-0.1, -0.05) is 109 Å². The Morgan fingerprint density at radius 3 is 1.96 bits per heavy atom. The largest absolute Gasteiger partial charge is 0.481 e. The molecule has 21 heteroatoms. The number of hydroxylamine groups is 2. The van der Waals surface area contributed by atoms with E-state index >= 15 is 0 Å². The van der Waals surface area contributed by atoms with Gasteiger partial charge in [-0.15, -0.1) is 0 Å². The highest BCUT2D eigenvalue weighted by Gasteiger charge is 2.45. The molecule has 0 radical (unpaired) electrons. The monoisotopic (exact) mass is 967 g/mol. The second-order valence-electron chi connectivity index (χ2n) is 18.1. The molecule has 380 valence electrons. The summed E-state index contributed by atoms with van der Waals surface area (Å²) in [5.74, 6) is -9.80. The first-order chi connectivity index (χ1) is 32.5. The molecule has 0 bridgehead atoms. The maximum atomic E-state index is 14.8. The fraction of sp³-hybridized carbons (Fsp3) is 0.562. The fourth-order valence-electron chi connectivity index (χ4n) is 7.58. The van der Waals surface area contributed by atoms with Crippen LogP contribution in [-0.4, -0.2) is 133 Å². The second kappa shape index (κ2) is 27.4. The summed E-state index contributed by atoms with van der Waals surface area (Å²) in [5, 5.41) is 41.5. The van der Waals surface area contributed by atoms with Crippen molar-refractivity contribution >= 4 is 53.4 Å². The number of carbonyl (C=O) groups excluding carboxylic acids is 7. The van der Waals surface area contributed by atoms with Crippen molar-refractivity contribution in [2.45, 2.75) is 143 Å². The van der Waals surface area contributed by atoms with E-state index in [9.17, 15) is 58.6 Å². The minimum absolute atomic E-state index is 0.0242. The quantitative estimate of drug-likeness (QED) is 0.0525. The predicted octanol–water partition coefficient (Wildman–Crippen LogP) is 3.13. The Labute approximate surface area is 403 Å². The Bertz CT molecular complexity index is 2060. The number of carbonyl (C=O) groups is 9. The number of hydrogen-bond acceptors (Lipinski definition) is 11. The van der Waals surface area contributed by atoms with Gasteiger partial charge in [-0.25, -0.2) is 14.9 Å². The number of nitrogens with one attached hydrogen (secondary N) is 5. The normalized spacial score (nSPS) is 17.1. The van der Waals surface area contributed by atoms with Crippen LogP contribution in [0.4, 0.5) is 4.79 Å². The first-order valence-electron chi connectivity index (χ1n) is 23.3. The summed E-state index contributed by atoms with van der Waals surface area (Å²) in [6.45, 7) is 13.5. The first-order valence-corrected chi connectivity index (χ1v) is 23.3. The van der Waals surface area contributed by atoms with Gasteiger partial charge in [0.2, 0.25) is 23.6 Å². The third-order valence-electron chi connectivity index (χ3n) is 11.7. The molecule has 3 rings (SSSR count). The molecule has 69 heavy (non-hydrogen) atoms. The van der Waals surface area contributed by atoms with Crippen molar-refractivity contribution in [3.05, 3.63) is 71.8 Å². The number of rotatable bonds is 25. The summed E-state index contributed by atoms with van der Waals surface area (Å²) in [5.41, 5.74) is 4.43. The summed E-state index contributed by atoms with van der Waals surface area (Å²) < 4.78 is 6.24. The molecule has 0 spiro atoms. The third kappa shape index (κ3) is 17.8. The number of hydrogen-bond donors (Lipinski definition) is 8. The molecule has 8 amide bonds. The second-order valence-corrected chi connectivity index (χ2v) is 18.1. The van der Waals surface area contributed by atoms with Crippen LogP contribution < -0.4 is 26.7 Å². The lowest BCUT2D eigenvalue weighted by Gasteiger charge is -2.35. The molecule has 1 fully saturated rings. The molecule has 0 aromatic heterocycles. The highest BCUT2D eigenvalue weighted by molar-refractivity contribution is 5.97. The lowest BCUT2D eigenvalue weighted by molar-refractivity contribution is -0.187. The van der Waals surface area contributed by atoms with Crippen molar-refractivity contribution in [2.24, 2.45) is 17.8 Å². The fourth-order valence-corrected chi connectivity index (χ4v) is 7.58. The minimum atomic E-state index is -1.81. The van der Waals surface area contributed by atoms with Gasteiger partial charge >= 0.3 is 18.0 Å². The molecule has 0 aliphatic carbocycles. The SMILES string of the molecule is CC[C@H](C)[C@@H](C(=O)N[C@H](C(=O)N1C[C@H](OCc2ccccc2)C[C@H]1C(=O)NN(CCC(C)C)C(=O)N[C@@H](C)c1ccccc1)C(C)C)N(O)C(=O)[C@@H](CCC(=O)O)NC(=O)[C@H](CC(=O)O)NC(C)=O. The van der Waals surface area contributed by atoms with Gasteiger partial charge in [0.05, 0.1) is 25.2 Å². The number of ether oxygens (including phenoxy) is 1. The van der Waals surface area contributed by atoms with Crippen LogP contribution in [0, 0.1) is 17.8 Å². The molecule has 1 heterocycles. The zero-order valence-electron chi connectivity index (χ0n) is 40.7. The van der Waals surface area contributed by atoms with E-state index in [4.69, 9.17) is 4.74 Å². The number of urea groups is 1. The van der Waals surface area contributed by atoms with Gasteiger partial charge in [-0.05, 0) is 48.6 Å². The number of amides is 8. The number of benzene rings is 2. The van der Waals surface area contributed by atoms with Crippen LogP contribution in [0.3, 0.4) is 0 Å². The molecule has 1 saturated heterocycles. The number of carboxylic acid groups (broad SMARTS) is 2. The predicted molar refractivity (Wildman–Crippen MR) is 250 cm³/mol. The summed E-state index contributed by atoms with van der Waals surface area (Å²) in [6.07, 6.45) is -2.12. The van der Waals surface area contributed by atoms with Crippen molar-refractivity contribution in [1.82, 2.24) is 41.7 Å². The van der Waals surface area contributed by atoms with Crippen LogP contribution >= 0.6 is 0 Å². The Morgan fingerprint density at radius 1 is 0.783 bits per heavy atom. The standard InChI is InChI=1S/C48H70N8O13/c1-9-30(6)42(56(68)46(65)36(20-21-39(58)59)51-43(62)37(25-40(60)61)50-32(8)57)45(64)52-41(29(4)5)47(66)54-26-35(69-27-33-16-12-10-13-17-33)24-38(54)44(63)53-55(23-22-28(2)3)48(67)49-31(7)34-18-14-11-15-19-34/h10-19,28-31,35-38,41-42,68H,9,20-27H2,1-8H3,(H,49,67)(H,50,57)(H,51,62)(H,52,64)(H,53,63)(H,58,59)(H,60,61)/t30-,31-,35+,36+,37-,38-,41-,42-/m0/s1. The van der Waals surface area contributed by atoms with Gasteiger partial charge in [-0.2, -0.15) is 0 Å². The number of hydrazine groups is 1. The average molecular weight is 967 g/mol. The smallest absolute Gasteiger partial charge is 0.336 e. The third-order valence-corrected chi connectivity index (χ3v) is 11.7. The molecule has 8 atom stereocenters. The van der Waals surface area contributed by atoms with E-state index in [2.05, 4.69) is 26.7 Å². The topological polar surface area (TPSA) is 293 Å². The van der Waals surface area contributed by atoms with Crippen LogP contribution in [0.1, 0.15) is 111 Å². The van der Waals surface area contributed by atoms with E-state index in [1.807, 2.05) is 81.4 Å². The highest BCUT2D eigenvalue weighted by atomic mass is 16.5. The molecule has 1 aliphatic heterocycles. The van der Waals surface area contributed by atoms with E-state index < -0.39 is 127 Å². The molecule has 0 saturated carbocycles.